The number of carbonyl (C=O) groups is 1. The minimum atomic E-state index is -0.265. The average molecular weight is 357 g/mol. The van der Waals surface area contributed by atoms with Crippen LogP contribution in [0, 0.1) is 11.3 Å². The molecular formula is C21H19N5O. The molecule has 2 aromatic carbocycles. The summed E-state index contributed by atoms with van der Waals surface area (Å²) in [4.78, 5) is 18.6. The molecule has 0 aliphatic carbocycles. The Balaban J connectivity index is 1.70. The maximum atomic E-state index is 12.4. The number of carbonyl (C=O) groups excluding carboxylic acids is 1. The molecule has 1 amide bonds. The maximum absolute atomic E-state index is 12.4. The van der Waals surface area contributed by atoms with E-state index in [0.717, 1.165) is 17.1 Å². The summed E-state index contributed by atoms with van der Waals surface area (Å²) in [5.41, 5.74) is 4.34. The van der Waals surface area contributed by atoms with Crippen LogP contribution in [0.3, 0.4) is 0 Å². The highest BCUT2D eigenvalue weighted by Gasteiger charge is 2.08. The Morgan fingerprint density at radius 3 is 2.26 bits per heavy atom. The third-order valence-electron chi connectivity index (χ3n) is 3.94. The fourth-order valence-corrected chi connectivity index (χ4v) is 2.47. The highest BCUT2D eigenvalue weighted by atomic mass is 16.1. The van der Waals surface area contributed by atoms with Crippen LogP contribution in [0.25, 0.3) is 0 Å². The van der Waals surface area contributed by atoms with Gasteiger partial charge in [0.1, 0.15) is 0 Å². The van der Waals surface area contributed by atoms with Gasteiger partial charge in [0, 0.05) is 37.4 Å². The van der Waals surface area contributed by atoms with E-state index in [9.17, 15) is 4.79 Å². The van der Waals surface area contributed by atoms with Gasteiger partial charge in [0.2, 0.25) is 0 Å². The predicted octanol–water partition coefficient (Wildman–Crippen LogP) is 4.02. The molecule has 6 heteroatoms. The van der Waals surface area contributed by atoms with Crippen LogP contribution in [0.1, 0.15) is 15.9 Å². The van der Waals surface area contributed by atoms with Crippen LogP contribution in [0.15, 0.2) is 67.0 Å². The summed E-state index contributed by atoms with van der Waals surface area (Å²) in [5.74, 6) is -0.265. The molecule has 0 saturated carbocycles. The predicted molar refractivity (Wildman–Crippen MR) is 107 cm³/mol. The fraction of sp³-hybridized carbons (Fsp3) is 0.0952. The third-order valence-corrected chi connectivity index (χ3v) is 3.94. The lowest BCUT2D eigenvalue weighted by molar-refractivity contribution is 0.102. The average Bonchev–Trinajstić information content (AvgIpc) is 2.69. The quantitative estimate of drug-likeness (QED) is 0.721. The highest BCUT2D eigenvalue weighted by Crippen LogP contribution is 2.20. The van der Waals surface area contributed by atoms with Gasteiger partial charge in [-0.25, -0.2) is 0 Å². The zero-order chi connectivity index (χ0) is 19.2. The molecule has 6 nitrogen and oxygen atoms in total. The summed E-state index contributed by atoms with van der Waals surface area (Å²) in [6.07, 6.45) is 3.18. The van der Waals surface area contributed by atoms with Crippen LogP contribution in [0.4, 0.5) is 22.7 Å². The number of benzene rings is 2. The van der Waals surface area contributed by atoms with Crippen LogP contribution in [0.2, 0.25) is 0 Å². The van der Waals surface area contributed by atoms with Gasteiger partial charge in [-0.1, -0.05) is 0 Å². The number of rotatable bonds is 5. The third kappa shape index (κ3) is 4.61. The minimum absolute atomic E-state index is 0.265. The summed E-state index contributed by atoms with van der Waals surface area (Å²) >= 11 is 0. The number of nitrogens with zero attached hydrogens (tertiary/aromatic N) is 3. The molecule has 3 aromatic rings. The molecule has 0 aliphatic heterocycles. The number of pyridine rings is 1. The van der Waals surface area contributed by atoms with Gasteiger partial charge in [-0.3, -0.25) is 9.78 Å². The Morgan fingerprint density at radius 1 is 0.963 bits per heavy atom. The van der Waals surface area contributed by atoms with Crippen molar-refractivity contribution in [3.05, 3.63) is 78.1 Å². The first kappa shape index (κ1) is 18.0. The van der Waals surface area contributed by atoms with Crippen molar-refractivity contribution in [1.29, 1.82) is 5.26 Å². The molecule has 0 aliphatic rings. The SMILES string of the molecule is CN(C)c1ccc(Nc2cncc(C(=O)Nc3ccc(C#N)cc3)c2)cc1. The Labute approximate surface area is 158 Å². The molecular weight excluding hydrogens is 338 g/mol. The lowest BCUT2D eigenvalue weighted by Crippen LogP contribution is -2.12. The van der Waals surface area contributed by atoms with Crippen LogP contribution in [-0.4, -0.2) is 25.0 Å². The van der Waals surface area contributed by atoms with E-state index in [4.69, 9.17) is 5.26 Å². The number of nitriles is 1. The van der Waals surface area contributed by atoms with Crippen molar-refractivity contribution in [1.82, 2.24) is 4.98 Å². The Kier molecular flexibility index (Phi) is 5.33. The Morgan fingerprint density at radius 2 is 1.63 bits per heavy atom. The first-order valence-corrected chi connectivity index (χ1v) is 8.36. The van der Waals surface area contributed by atoms with Gasteiger partial charge in [-0.15, -0.1) is 0 Å². The summed E-state index contributed by atoms with van der Waals surface area (Å²) in [6.45, 7) is 0. The fourth-order valence-electron chi connectivity index (χ4n) is 2.47. The van der Waals surface area contributed by atoms with Crippen molar-refractivity contribution in [2.45, 2.75) is 0 Å². The van der Waals surface area contributed by atoms with Gasteiger partial charge in [0.15, 0.2) is 0 Å². The zero-order valence-electron chi connectivity index (χ0n) is 15.1. The van der Waals surface area contributed by atoms with E-state index < -0.39 is 0 Å². The van der Waals surface area contributed by atoms with Gasteiger partial charge in [-0.2, -0.15) is 5.26 Å². The van der Waals surface area contributed by atoms with Crippen LogP contribution < -0.4 is 15.5 Å². The number of hydrogen-bond acceptors (Lipinski definition) is 5. The first-order valence-electron chi connectivity index (χ1n) is 8.36. The molecule has 134 valence electrons. The van der Waals surface area contributed by atoms with Gasteiger partial charge in [-0.05, 0) is 54.6 Å². The molecule has 0 atom stereocenters. The summed E-state index contributed by atoms with van der Waals surface area (Å²) in [7, 11) is 3.98. The van der Waals surface area contributed by atoms with Crippen LogP contribution in [0.5, 0.6) is 0 Å². The normalized spacial score (nSPS) is 9.96. The standard InChI is InChI=1S/C21H19N5O/c1-26(2)20-9-7-17(8-10-20)24-19-11-16(13-23-14-19)21(27)25-18-5-3-15(12-22)4-6-18/h3-11,13-14,24H,1-2H3,(H,25,27). The monoisotopic (exact) mass is 357 g/mol. The highest BCUT2D eigenvalue weighted by molar-refractivity contribution is 6.04. The second-order valence-corrected chi connectivity index (χ2v) is 6.17. The van der Waals surface area contributed by atoms with Crippen LogP contribution in [-0.2, 0) is 0 Å². The molecule has 0 bridgehead atoms. The summed E-state index contributed by atoms with van der Waals surface area (Å²) in [6, 6.07) is 18.4. The molecule has 0 saturated heterocycles. The van der Waals surface area contributed by atoms with Crippen molar-refractivity contribution in [3.8, 4) is 6.07 Å². The first-order chi connectivity index (χ1) is 13.0. The molecule has 0 unspecified atom stereocenters. The van der Waals surface area contributed by atoms with E-state index in [1.54, 1.807) is 36.5 Å². The van der Waals surface area contributed by atoms with E-state index in [2.05, 4.69) is 15.6 Å². The second-order valence-electron chi connectivity index (χ2n) is 6.17. The molecule has 1 heterocycles. The largest absolute Gasteiger partial charge is 0.378 e. The second kappa shape index (κ2) is 8.02. The smallest absolute Gasteiger partial charge is 0.257 e. The number of nitrogens with one attached hydrogen (secondary N) is 2. The number of amides is 1. The lowest BCUT2D eigenvalue weighted by atomic mass is 10.2. The molecule has 27 heavy (non-hydrogen) atoms. The van der Waals surface area contributed by atoms with Crippen molar-refractivity contribution < 1.29 is 4.79 Å². The topological polar surface area (TPSA) is 81.1 Å². The maximum Gasteiger partial charge on any atom is 0.257 e. The zero-order valence-corrected chi connectivity index (χ0v) is 15.1. The van der Waals surface area contributed by atoms with Crippen molar-refractivity contribution in [3.63, 3.8) is 0 Å². The van der Waals surface area contributed by atoms with Gasteiger partial charge in [0.25, 0.3) is 5.91 Å². The van der Waals surface area contributed by atoms with Gasteiger partial charge in [0.05, 0.1) is 29.1 Å². The van der Waals surface area contributed by atoms with E-state index in [1.807, 2.05) is 49.3 Å². The van der Waals surface area contributed by atoms with E-state index in [-0.39, 0.29) is 5.91 Å². The number of anilines is 4. The van der Waals surface area contributed by atoms with E-state index >= 15 is 0 Å². The molecule has 2 N–H and O–H groups in total. The summed E-state index contributed by atoms with van der Waals surface area (Å²) < 4.78 is 0. The van der Waals surface area contributed by atoms with Crippen molar-refractivity contribution in [2.24, 2.45) is 0 Å². The number of aromatic nitrogens is 1. The molecule has 0 radical (unpaired) electrons. The van der Waals surface area contributed by atoms with Crippen molar-refractivity contribution in [2.75, 3.05) is 29.6 Å². The van der Waals surface area contributed by atoms with E-state index in [1.165, 1.54) is 6.20 Å². The van der Waals surface area contributed by atoms with Gasteiger partial charge < -0.3 is 15.5 Å². The lowest BCUT2D eigenvalue weighted by Gasteiger charge is -2.13. The molecule has 0 fully saturated rings. The molecule has 1 aromatic heterocycles. The van der Waals surface area contributed by atoms with E-state index in [0.29, 0.717) is 16.8 Å². The van der Waals surface area contributed by atoms with Crippen LogP contribution >= 0.6 is 0 Å². The molecule has 0 spiro atoms. The molecule has 3 rings (SSSR count). The van der Waals surface area contributed by atoms with Crippen molar-refractivity contribution >= 4 is 28.7 Å². The number of hydrogen-bond donors (Lipinski definition) is 2. The Hall–Kier alpha value is -3.85. The Bertz CT molecular complexity index is 973. The minimum Gasteiger partial charge on any atom is -0.378 e. The summed E-state index contributed by atoms with van der Waals surface area (Å²) in [5, 5.41) is 14.9. The van der Waals surface area contributed by atoms with Gasteiger partial charge >= 0.3 is 0 Å².